The molecule has 1 fully saturated rings. The smallest absolute Gasteiger partial charge is 0.150 e. The van der Waals surface area contributed by atoms with Gasteiger partial charge in [0.15, 0.2) is 0 Å². The maximum atomic E-state index is 11.6. The van der Waals surface area contributed by atoms with E-state index in [9.17, 15) is 8.42 Å². The fourth-order valence-corrected chi connectivity index (χ4v) is 3.84. The fraction of sp³-hybridized carbons (Fsp3) is 0.692. The highest BCUT2D eigenvalue weighted by Crippen LogP contribution is 2.26. The zero-order chi connectivity index (χ0) is 13.2. The van der Waals surface area contributed by atoms with E-state index in [0.29, 0.717) is 6.42 Å². The Hall–Kier alpha value is -0.810. The number of nitrogens with one attached hydrogen (secondary N) is 1. The van der Waals surface area contributed by atoms with Gasteiger partial charge in [-0.25, -0.2) is 8.42 Å². The van der Waals surface area contributed by atoms with Crippen molar-refractivity contribution in [3.63, 3.8) is 0 Å². The van der Waals surface area contributed by atoms with Crippen LogP contribution >= 0.6 is 0 Å². The Bertz CT molecular complexity index is 466. The lowest BCUT2D eigenvalue weighted by molar-refractivity contribution is 0.323. The monoisotopic (exact) mass is 271 g/mol. The van der Waals surface area contributed by atoms with Crippen molar-refractivity contribution in [1.82, 2.24) is 5.32 Å². The Labute approximate surface area is 109 Å². The summed E-state index contributed by atoms with van der Waals surface area (Å²) in [4.78, 5) is 0. The van der Waals surface area contributed by atoms with E-state index >= 15 is 0 Å². The molecule has 18 heavy (non-hydrogen) atoms. The fourth-order valence-electron chi connectivity index (χ4n) is 2.66. The number of sulfone groups is 1. The standard InChI is InChI=1S/C13H21NO3S/c1-10(13-7-4-8-17-13)14-11-5-3-6-12(9-11)18(2,15)16/h4,7-8,10-12,14H,3,5-6,9H2,1-2H3/t10-,11?,12?/m1/s1. The first-order chi connectivity index (χ1) is 8.47. The summed E-state index contributed by atoms with van der Waals surface area (Å²) < 4.78 is 28.6. The SMILES string of the molecule is C[C@@H](NC1CCCC(S(C)(=O)=O)C1)c1ccco1. The molecule has 1 aliphatic rings. The van der Waals surface area contributed by atoms with E-state index in [1.165, 1.54) is 6.26 Å². The van der Waals surface area contributed by atoms with Crippen LogP contribution in [0.3, 0.4) is 0 Å². The van der Waals surface area contributed by atoms with Crippen molar-refractivity contribution in [1.29, 1.82) is 0 Å². The summed E-state index contributed by atoms with van der Waals surface area (Å²) in [6.45, 7) is 2.04. The van der Waals surface area contributed by atoms with Crippen LogP contribution in [0.1, 0.15) is 44.4 Å². The first-order valence-corrected chi connectivity index (χ1v) is 8.40. The average Bonchev–Trinajstić information content (AvgIpc) is 2.81. The maximum absolute atomic E-state index is 11.6. The van der Waals surface area contributed by atoms with Crippen LogP contribution in [-0.4, -0.2) is 26.0 Å². The van der Waals surface area contributed by atoms with Crippen molar-refractivity contribution in [3.05, 3.63) is 24.2 Å². The van der Waals surface area contributed by atoms with Gasteiger partial charge >= 0.3 is 0 Å². The van der Waals surface area contributed by atoms with Crippen molar-refractivity contribution in [2.24, 2.45) is 0 Å². The second-order valence-corrected chi connectivity index (χ2v) is 7.54. The highest BCUT2D eigenvalue weighted by molar-refractivity contribution is 7.91. The van der Waals surface area contributed by atoms with E-state index in [1.54, 1.807) is 6.26 Å². The lowest BCUT2D eigenvalue weighted by atomic mass is 9.94. The van der Waals surface area contributed by atoms with Gasteiger partial charge in [-0.15, -0.1) is 0 Å². The van der Waals surface area contributed by atoms with E-state index in [0.717, 1.165) is 25.0 Å². The number of furan rings is 1. The van der Waals surface area contributed by atoms with Crippen molar-refractivity contribution in [3.8, 4) is 0 Å². The molecule has 2 rings (SSSR count). The summed E-state index contributed by atoms with van der Waals surface area (Å²) in [6, 6.07) is 4.20. The molecule has 1 N–H and O–H groups in total. The van der Waals surface area contributed by atoms with Gasteiger partial charge in [-0.2, -0.15) is 0 Å². The van der Waals surface area contributed by atoms with E-state index in [-0.39, 0.29) is 17.3 Å². The Balaban J connectivity index is 1.94. The third-order valence-corrected chi connectivity index (χ3v) is 5.33. The van der Waals surface area contributed by atoms with Crippen LogP contribution in [0.15, 0.2) is 22.8 Å². The molecule has 102 valence electrons. The highest BCUT2D eigenvalue weighted by atomic mass is 32.2. The quantitative estimate of drug-likeness (QED) is 0.912. The molecule has 1 heterocycles. The minimum atomic E-state index is -2.91. The van der Waals surface area contributed by atoms with Gasteiger partial charge in [-0.05, 0) is 38.3 Å². The highest BCUT2D eigenvalue weighted by Gasteiger charge is 2.29. The Morgan fingerprint density at radius 3 is 2.83 bits per heavy atom. The summed E-state index contributed by atoms with van der Waals surface area (Å²) in [5.41, 5.74) is 0. The number of hydrogen-bond acceptors (Lipinski definition) is 4. The molecule has 3 atom stereocenters. The first kappa shape index (κ1) is 13.6. The van der Waals surface area contributed by atoms with E-state index < -0.39 is 9.84 Å². The summed E-state index contributed by atoms with van der Waals surface area (Å²) in [5.74, 6) is 0.900. The molecule has 0 aromatic carbocycles. The molecule has 0 radical (unpaired) electrons. The molecule has 0 spiro atoms. The van der Waals surface area contributed by atoms with Crippen molar-refractivity contribution < 1.29 is 12.8 Å². The Morgan fingerprint density at radius 1 is 1.44 bits per heavy atom. The minimum Gasteiger partial charge on any atom is -0.468 e. The summed E-state index contributed by atoms with van der Waals surface area (Å²) in [5, 5.41) is 3.28. The van der Waals surface area contributed by atoms with Gasteiger partial charge in [0.1, 0.15) is 15.6 Å². The molecule has 1 saturated carbocycles. The lowest BCUT2D eigenvalue weighted by Gasteiger charge is -2.30. The molecular formula is C13H21NO3S. The molecular weight excluding hydrogens is 250 g/mol. The zero-order valence-electron chi connectivity index (χ0n) is 10.9. The van der Waals surface area contributed by atoms with E-state index in [4.69, 9.17) is 4.42 Å². The normalized spacial score (nSPS) is 27.0. The zero-order valence-corrected chi connectivity index (χ0v) is 11.7. The van der Waals surface area contributed by atoms with Crippen LogP contribution in [0.4, 0.5) is 0 Å². The molecule has 0 amide bonds. The lowest BCUT2D eigenvalue weighted by Crippen LogP contribution is -2.39. The van der Waals surface area contributed by atoms with Crippen molar-refractivity contribution in [2.45, 2.75) is 49.9 Å². The second kappa shape index (κ2) is 5.45. The molecule has 1 aliphatic carbocycles. The van der Waals surface area contributed by atoms with Crippen LogP contribution in [-0.2, 0) is 9.84 Å². The topological polar surface area (TPSA) is 59.3 Å². The average molecular weight is 271 g/mol. The third-order valence-electron chi connectivity index (χ3n) is 3.69. The van der Waals surface area contributed by atoms with Gasteiger partial charge in [0, 0.05) is 12.3 Å². The van der Waals surface area contributed by atoms with Crippen LogP contribution in [0.2, 0.25) is 0 Å². The van der Waals surface area contributed by atoms with Crippen LogP contribution in [0.5, 0.6) is 0 Å². The Morgan fingerprint density at radius 2 is 2.22 bits per heavy atom. The largest absolute Gasteiger partial charge is 0.468 e. The molecule has 4 nitrogen and oxygen atoms in total. The maximum Gasteiger partial charge on any atom is 0.150 e. The van der Waals surface area contributed by atoms with Crippen LogP contribution < -0.4 is 5.32 Å². The third kappa shape index (κ3) is 3.36. The van der Waals surface area contributed by atoms with Gasteiger partial charge in [0.25, 0.3) is 0 Å². The van der Waals surface area contributed by atoms with Crippen LogP contribution in [0.25, 0.3) is 0 Å². The number of hydrogen-bond donors (Lipinski definition) is 1. The van der Waals surface area contributed by atoms with Gasteiger partial charge in [-0.1, -0.05) is 6.42 Å². The molecule has 2 unspecified atom stereocenters. The predicted octanol–water partition coefficient (Wildman–Crippen LogP) is 2.29. The first-order valence-electron chi connectivity index (χ1n) is 6.45. The van der Waals surface area contributed by atoms with Gasteiger partial charge < -0.3 is 9.73 Å². The molecule has 0 bridgehead atoms. The second-order valence-electron chi connectivity index (χ2n) is 5.22. The molecule has 1 aromatic heterocycles. The van der Waals surface area contributed by atoms with Gasteiger partial charge in [-0.3, -0.25) is 0 Å². The van der Waals surface area contributed by atoms with Gasteiger partial charge in [0.2, 0.25) is 0 Å². The predicted molar refractivity (Wildman–Crippen MR) is 71.1 cm³/mol. The van der Waals surface area contributed by atoms with E-state index in [2.05, 4.69) is 5.32 Å². The summed E-state index contributed by atoms with van der Waals surface area (Å²) in [7, 11) is -2.91. The molecule has 5 heteroatoms. The minimum absolute atomic E-state index is 0.128. The van der Waals surface area contributed by atoms with Crippen molar-refractivity contribution in [2.75, 3.05) is 6.26 Å². The molecule has 1 aromatic rings. The van der Waals surface area contributed by atoms with Gasteiger partial charge in [0.05, 0.1) is 17.6 Å². The summed E-state index contributed by atoms with van der Waals surface area (Å²) in [6.07, 6.45) is 6.52. The summed E-state index contributed by atoms with van der Waals surface area (Å²) >= 11 is 0. The van der Waals surface area contributed by atoms with E-state index in [1.807, 2.05) is 19.1 Å². The molecule has 0 aliphatic heterocycles. The van der Waals surface area contributed by atoms with Crippen LogP contribution in [0, 0.1) is 0 Å². The molecule has 0 saturated heterocycles. The van der Waals surface area contributed by atoms with Crippen molar-refractivity contribution >= 4 is 9.84 Å². The Kier molecular flexibility index (Phi) is 4.12. The number of rotatable bonds is 4.